The quantitative estimate of drug-likeness (QED) is 0.385. The van der Waals surface area contributed by atoms with Gasteiger partial charge in [-0.2, -0.15) is 0 Å². The van der Waals surface area contributed by atoms with E-state index in [-0.39, 0.29) is 16.1 Å². The zero-order valence-corrected chi connectivity index (χ0v) is 17.6. The molecule has 0 heterocycles. The Morgan fingerprint density at radius 2 is 1.39 bits per heavy atom. The highest BCUT2D eigenvalue weighted by atomic mass is 35.5. The van der Waals surface area contributed by atoms with E-state index in [4.69, 9.17) is 23.2 Å². The Balaban J connectivity index is 1.65. The molecule has 0 radical (unpaired) electrons. The minimum absolute atomic E-state index is 0.150. The van der Waals surface area contributed by atoms with Crippen molar-refractivity contribution in [3.05, 3.63) is 106 Å². The molecule has 0 aliphatic rings. The van der Waals surface area contributed by atoms with Crippen molar-refractivity contribution < 1.29 is 14.4 Å². The van der Waals surface area contributed by atoms with Crippen molar-refractivity contribution >= 4 is 52.7 Å². The number of anilines is 1. The first kappa shape index (κ1) is 22.1. The smallest absolute Gasteiger partial charge is 0.271 e. The zero-order chi connectivity index (χ0) is 22.2. The topological polar surface area (TPSA) is 87.3 Å². The highest BCUT2D eigenvalue weighted by Gasteiger charge is 2.15. The van der Waals surface area contributed by atoms with Crippen LogP contribution in [0.15, 0.2) is 78.9 Å². The minimum atomic E-state index is -0.610. The summed E-state index contributed by atoms with van der Waals surface area (Å²) in [5.41, 5.74) is 6.09. The molecule has 3 rings (SSSR count). The predicted octanol–water partition coefficient (Wildman–Crippen LogP) is 4.72. The van der Waals surface area contributed by atoms with Gasteiger partial charge in [0.05, 0.1) is 21.8 Å². The lowest BCUT2D eigenvalue weighted by Gasteiger charge is -2.12. The molecule has 0 fully saturated rings. The molecule has 0 unspecified atom stereocenters. The number of para-hydroxylation sites is 1. The van der Waals surface area contributed by atoms with E-state index in [0.717, 1.165) is 5.56 Å². The fourth-order valence-corrected chi connectivity index (χ4v) is 3.12. The second kappa shape index (κ2) is 10.4. The van der Waals surface area contributed by atoms with E-state index >= 15 is 0 Å². The second-order valence-electron chi connectivity index (χ2n) is 6.31. The summed E-state index contributed by atoms with van der Waals surface area (Å²) < 4.78 is 0. The number of hydrazine groups is 1. The molecular formula is C23H17Cl2N3O3. The molecule has 3 amide bonds. The standard InChI is InChI=1S/C23H17Cl2N3O3/c24-16-11-12-17(19(25)14-16)22(30)27-28-23(31)18-8-4-5-9-20(18)26-21(29)13-10-15-6-2-1-3-7-15/h1-14H,(H,26,29)(H,27,30)(H,28,31)/b13-10+. The number of hydrogen-bond donors (Lipinski definition) is 3. The van der Waals surface area contributed by atoms with E-state index in [1.54, 1.807) is 24.3 Å². The lowest BCUT2D eigenvalue weighted by atomic mass is 10.1. The van der Waals surface area contributed by atoms with E-state index in [9.17, 15) is 14.4 Å². The Morgan fingerprint density at radius 1 is 0.742 bits per heavy atom. The number of nitrogens with one attached hydrogen (secondary N) is 3. The molecule has 0 aliphatic heterocycles. The molecule has 0 aliphatic carbocycles. The summed E-state index contributed by atoms with van der Waals surface area (Å²) >= 11 is 11.8. The summed E-state index contributed by atoms with van der Waals surface area (Å²) in [4.78, 5) is 37.1. The number of amides is 3. The van der Waals surface area contributed by atoms with Crippen LogP contribution < -0.4 is 16.2 Å². The molecule has 0 bridgehead atoms. The van der Waals surface area contributed by atoms with Crippen LogP contribution in [-0.2, 0) is 4.79 Å². The molecule has 0 saturated heterocycles. The van der Waals surface area contributed by atoms with Gasteiger partial charge < -0.3 is 5.32 Å². The van der Waals surface area contributed by atoms with Crippen LogP contribution in [0.5, 0.6) is 0 Å². The van der Waals surface area contributed by atoms with Crippen molar-refractivity contribution in [1.82, 2.24) is 10.9 Å². The summed E-state index contributed by atoms with van der Waals surface area (Å²) in [6, 6.07) is 20.1. The first-order valence-electron chi connectivity index (χ1n) is 9.13. The maximum absolute atomic E-state index is 12.6. The monoisotopic (exact) mass is 453 g/mol. The highest BCUT2D eigenvalue weighted by Crippen LogP contribution is 2.21. The number of carbonyl (C=O) groups is 3. The first-order chi connectivity index (χ1) is 14.9. The van der Waals surface area contributed by atoms with Gasteiger partial charge in [-0.05, 0) is 42.0 Å². The normalized spacial score (nSPS) is 10.5. The summed E-state index contributed by atoms with van der Waals surface area (Å²) in [5, 5.41) is 3.20. The highest BCUT2D eigenvalue weighted by molar-refractivity contribution is 6.36. The van der Waals surface area contributed by atoms with Crippen molar-refractivity contribution in [2.24, 2.45) is 0 Å². The third kappa shape index (κ3) is 6.18. The van der Waals surface area contributed by atoms with Crippen molar-refractivity contribution in [1.29, 1.82) is 0 Å². The zero-order valence-electron chi connectivity index (χ0n) is 16.1. The molecule has 3 aromatic carbocycles. The molecule has 6 nitrogen and oxygen atoms in total. The van der Waals surface area contributed by atoms with Crippen LogP contribution in [0.2, 0.25) is 10.0 Å². The average molecular weight is 454 g/mol. The molecule has 3 aromatic rings. The van der Waals surface area contributed by atoms with E-state index in [1.807, 2.05) is 30.3 Å². The van der Waals surface area contributed by atoms with Gasteiger partial charge in [0.2, 0.25) is 5.91 Å². The van der Waals surface area contributed by atoms with E-state index in [0.29, 0.717) is 10.7 Å². The van der Waals surface area contributed by atoms with Gasteiger partial charge in [0.25, 0.3) is 11.8 Å². The maximum atomic E-state index is 12.6. The number of benzene rings is 3. The van der Waals surface area contributed by atoms with Crippen LogP contribution in [0.3, 0.4) is 0 Å². The predicted molar refractivity (Wildman–Crippen MR) is 122 cm³/mol. The lowest BCUT2D eigenvalue weighted by molar-refractivity contribution is -0.111. The van der Waals surface area contributed by atoms with Crippen molar-refractivity contribution in [2.75, 3.05) is 5.32 Å². The third-order valence-corrected chi connectivity index (χ3v) is 4.67. The van der Waals surface area contributed by atoms with Gasteiger partial charge in [0.15, 0.2) is 0 Å². The van der Waals surface area contributed by atoms with Gasteiger partial charge in [-0.15, -0.1) is 0 Å². The molecule has 156 valence electrons. The third-order valence-electron chi connectivity index (χ3n) is 4.12. The molecule has 0 saturated carbocycles. The number of rotatable bonds is 5. The lowest BCUT2D eigenvalue weighted by Crippen LogP contribution is -2.42. The van der Waals surface area contributed by atoms with E-state index in [1.165, 1.54) is 30.3 Å². The van der Waals surface area contributed by atoms with Gasteiger partial charge in [-0.1, -0.05) is 65.7 Å². The Hall–Kier alpha value is -3.61. The van der Waals surface area contributed by atoms with Gasteiger partial charge >= 0.3 is 0 Å². The Kier molecular flexibility index (Phi) is 7.43. The van der Waals surface area contributed by atoms with E-state index in [2.05, 4.69) is 16.2 Å². The van der Waals surface area contributed by atoms with Crippen LogP contribution in [-0.4, -0.2) is 17.7 Å². The van der Waals surface area contributed by atoms with Crippen LogP contribution >= 0.6 is 23.2 Å². The van der Waals surface area contributed by atoms with Gasteiger partial charge in [-0.25, -0.2) is 0 Å². The molecule has 0 aromatic heterocycles. The van der Waals surface area contributed by atoms with E-state index < -0.39 is 17.7 Å². The molecule has 3 N–H and O–H groups in total. The Bertz CT molecular complexity index is 1150. The minimum Gasteiger partial charge on any atom is -0.322 e. The van der Waals surface area contributed by atoms with Gasteiger partial charge in [-0.3, -0.25) is 25.2 Å². The number of carbonyl (C=O) groups excluding carboxylic acids is 3. The van der Waals surface area contributed by atoms with Gasteiger partial charge in [0.1, 0.15) is 0 Å². The average Bonchev–Trinajstić information content (AvgIpc) is 2.77. The Morgan fingerprint density at radius 3 is 2.10 bits per heavy atom. The Labute approximate surface area is 188 Å². The fourth-order valence-electron chi connectivity index (χ4n) is 2.62. The van der Waals surface area contributed by atoms with Crippen LogP contribution in [0, 0.1) is 0 Å². The summed E-state index contributed by atoms with van der Waals surface area (Å²) in [6.45, 7) is 0. The summed E-state index contributed by atoms with van der Waals surface area (Å²) in [7, 11) is 0. The van der Waals surface area contributed by atoms with Gasteiger partial charge in [0, 0.05) is 11.1 Å². The molecular weight excluding hydrogens is 437 g/mol. The van der Waals surface area contributed by atoms with Crippen molar-refractivity contribution in [3.8, 4) is 0 Å². The molecule has 31 heavy (non-hydrogen) atoms. The molecule has 8 heteroatoms. The maximum Gasteiger partial charge on any atom is 0.271 e. The molecule has 0 atom stereocenters. The van der Waals surface area contributed by atoms with Crippen molar-refractivity contribution in [2.45, 2.75) is 0 Å². The SMILES string of the molecule is O=C(/C=C/c1ccccc1)Nc1ccccc1C(=O)NNC(=O)c1ccc(Cl)cc1Cl. The largest absolute Gasteiger partial charge is 0.322 e. The van der Waals surface area contributed by atoms with Crippen LogP contribution in [0.25, 0.3) is 6.08 Å². The summed E-state index contributed by atoms with van der Waals surface area (Å²) in [6.07, 6.45) is 3.03. The summed E-state index contributed by atoms with van der Waals surface area (Å²) in [5.74, 6) is -1.62. The molecule has 0 spiro atoms. The number of halogens is 2. The first-order valence-corrected chi connectivity index (χ1v) is 9.88. The number of hydrogen-bond acceptors (Lipinski definition) is 3. The van der Waals surface area contributed by atoms with Crippen LogP contribution in [0.4, 0.5) is 5.69 Å². The van der Waals surface area contributed by atoms with Crippen LogP contribution in [0.1, 0.15) is 26.3 Å². The fraction of sp³-hybridized carbons (Fsp3) is 0. The second-order valence-corrected chi connectivity index (χ2v) is 7.15. The van der Waals surface area contributed by atoms with Crippen molar-refractivity contribution in [3.63, 3.8) is 0 Å².